The molecule has 1 aromatic heterocycles. The van der Waals surface area contributed by atoms with Crippen LogP contribution in [0.2, 0.25) is 16.6 Å². The van der Waals surface area contributed by atoms with E-state index < -0.39 is 8.32 Å². The molecule has 1 unspecified atom stereocenters. The van der Waals surface area contributed by atoms with Crippen molar-refractivity contribution in [3.63, 3.8) is 0 Å². The Balaban J connectivity index is 1.54. The highest BCUT2D eigenvalue weighted by molar-refractivity contribution is 6.77. The maximum atomic E-state index is 12.8. The van der Waals surface area contributed by atoms with E-state index in [1.54, 1.807) is 7.11 Å². The minimum Gasteiger partial charge on any atom is -0.497 e. The highest BCUT2D eigenvalue weighted by atomic mass is 28.4. The summed E-state index contributed by atoms with van der Waals surface area (Å²) in [4.78, 5) is 15.5. The van der Waals surface area contributed by atoms with Gasteiger partial charge in [0, 0.05) is 55.2 Å². The highest BCUT2D eigenvalue weighted by Crippen LogP contribution is 2.56. The molecule has 1 aromatic carbocycles. The number of hydrogen-bond acceptors (Lipinski definition) is 4. The first-order chi connectivity index (χ1) is 17.0. The third-order valence-corrected chi connectivity index (χ3v) is 16.4. The Hall–Kier alpha value is -1.63. The molecule has 36 heavy (non-hydrogen) atoms. The molecule has 6 atom stereocenters. The van der Waals surface area contributed by atoms with Crippen LogP contribution in [0.3, 0.4) is 0 Å². The van der Waals surface area contributed by atoms with E-state index in [0.717, 1.165) is 31.7 Å². The molecule has 6 rings (SSSR count). The van der Waals surface area contributed by atoms with Gasteiger partial charge < -0.3 is 13.7 Å². The lowest BCUT2D eigenvalue weighted by molar-refractivity contribution is -0.144. The molecule has 0 saturated carbocycles. The molecule has 0 spiro atoms. The summed E-state index contributed by atoms with van der Waals surface area (Å²) in [5, 5.41) is 1.36. The molecule has 5 nitrogen and oxygen atoms in total. The van der Waals surface area contributed by atoms with Crippen LogP contribution >= 0.6 is 0 Å². The Morgan fingerprint density at radius 2 is 1.78 bits per heavy atom. The normalized spacial score (nSPS) is 29.4. The van der Waals surface area contributed by atoms with Crippen molar-refractivity contribution in [1.82, 2.24) is 9.47 Å². The second-order valence-corrected chi connectivity index (χ2v) is 18.2. The standard InChI is InChI=1S/C30H46N2O3Si/c1-17(2)36(18(3)4,19(5)6)35-16-26-23-13-29-30-24(14-28(26)32(29)15-25(23)20(7)33)22-11-10-21(34-9)12-27(22)31(30)8/h10-12,17-19,23,25-26,28-29H,13-16H2,1-9H3/t23-,25-,26+,28-,29-/m0/s1. The maximum Gasteiger partial charge on any atom is 0.200 e. The average Bonchev–Trinajstić information content (AvgIpc) is 3.10. The molecule has 4 bridgehead atoms. The Kier molecular flexibility index (Phi) is 6.70. The predicted octanol–water partition coefficient (Wildman–Crippen LogP) is 6.50. The van der Waals surface area contributed by atoms with Gasteiger partial charge in [0.2, 0.25) is 0 Å². The van der Waals surface area contributed by atoms with Crippen molar-refractivity contribution in [3.05, 3.63) is 29.5 Å². The first kappa shape index (κ1) is 26.0. The molecule has 0 radical (unpaired) electrons. The summed E-state index contributed by atoms with van der Waals surface area (Å²) in [7, 11) is 1.98. The van der Waals surface area contributed by atoms with Crippen LogP contribution in [-0.4, -0.2) is 49.9 Å². The van der Waals surface area contributed by atoms with Crippen molar-refractivity contribution in [2.24, 2.45) is 24.8 Å². The number of nitrogens with zero attached hydrogens (tertiary/aromatic N) is 2. The first-order valence-corrected chi connectivity index (χ1v) is 16.2. The number of hydrogen-bond donors (Lipinski definition) is 0. The number of carbonyl (C=O) groups is 1. The largest absolute Gasteiger partial charge is 0.497 e. The molecule has 0 N–H and O–H groups in total. The zero-order chi connectivity index (χ0) is 26.1. The zero-order valence-corrected chi connectivity index (χ0v) is 24.8. The van der Waals surface area contributed by atoms with E-state index in [0.29, 0.717) is 46.3 Å². The number of ether oxygens (including phenoxy) is 1. The molecule has 4 aliphatic rings. The smallest absolute Gasteiger partial charge is 0.200 e. The predicted molar refractivity (Wildman–Crippen MR) is 149 cm³/mol. The van der Waals surface area contributed by atoms with Crippen molar-refractivity contribution in [2.75, 3.05) is 20.3 Å². The molecule has 3 fully saturated rings. The van der Waals surface area contributed by atoms with Gasteiger partial charge in [0.15, 0.2) is 8.32 Å². The summed E-state index contributed by atoms with van der Waals surface area (Å²) in [5.41, 5.74) is 5.93. The Labute approximate surface area is 218 Å². The van der Waals surface area contributed by atoms with Gasteiger partial charge in [-0.2, -0.15) is 0 Å². The fourth-order valence-electron chi connectivity index (χ4n) is 8.85. The minimum absolute atomic E-state index is 0.135. The summed E-state index contributed by atoms with van der Waals surface area (Å²) in [6, 6.07) is 7.36. The van der Waals surface area contributed by atoms with Crippen LogP contribution in [0.15, 0.2) is 18.2 Å². The average molecular weight is 511 g/mol. The van der Waals surface area contributed by atoms with E-state index in [1.165, 1.54) is 22.2 Å². The van der Waals surface area contributed by atoms with Gasteiger partial charge in [-0.25, -0.2) is 0 Å². The van der Waals surface area contributed by atoms with E-state index in [1.807, 2.05) is 6.92 Å². The fourth-order valence-corrected chi connectivity index (χ4v) is 14.3. The van der Waals surface area contributed by atoms with Crippen molar-refractivity contribution >= 4 is 25.0 Å². The quantitative estimate of drug-likeness (QED) is 0.380. The van der Waals surface area contributed by atoms with Gasteiger partial charge in [-0.1, -0.05) is 41.5 Å². The van der Waals surface area contributed by atoms with Gasteiger partial charge in [-0.15, -0.1) is 0 Å². The van der Waals surface area contributed by atoms with E-state index >= 15 is 0 Å². The number of Topliss-reactive ketones (excluding diaryl/α,β-unsaturated/α-hetero) is 1. The lowest BCUT2D eigenvalue weighted by Gasteiger charge is -2.60. The molecular weight excluding hydrogens is 464 g/mol. The monoisotopic (exact) mass is 510 g/mol. The van der Waals surface area contributed by atoms with Crippen LogP contribution in [0.25, 0.3) is 10.9 Å². The topological polar surface area (TPSA) is 43.7 Å². The van der Waals surface area contributed by atoms with Crippen LogP contribution in [0, 0.1) is 17.8 Å². The van der Waals surface area contributed by atoms with Gasteiger partial charge in [0.05, 0.1) is 18.7 Å². The molecule has 0 amide bonds. The lowest BCUT2D eigenvalue weighted by atomic mass is 9.61. The van der Waals surface area contributed by atoms with E-state index in [-0.39, 0.29) is 5.92 Å². The van der Waals surface area contributed by atoms with Crippen LogP contribution in [0.5, 0.6) is 5.75 Å². The van der Waals surface area contributed by atoms with E-state index in [2.05, 4.69) is 76.3 Å². The van der Waals surface area contributed by atoms with Crippen molar-refractivity contribution < 1.29 is 14.0 Å². The number of carbonyl (C=O) groups excluding carboxylic acids is 1. The summed E-state index contributed by atoms with van der Waals surface area (Å²) in [5.74, 6) is 2.21. The number of ketones is 1. The number of piperidine rings is 3. The van der Waals surface area contributed by atoms with Gasteiger partial charge in [-0.3, -0.25) is 9.69 Å². The first-order valence-electron chi connectivity index (χ1n) is 14.1. The van der Waals surface area contributed by atoms with Gasteiger partial charge >= 0.3 is 0 Å². The number of fused-ring (bicyclic) bond motifs is 4. The fraction of sp³-hybridized carbons (Fsp3) is 0.700. The van der Waals surface area contributed by atoms with Crippen LogP contribution in [0.4, 0.5) is 0 Å². The molecule has 198 valence electrons. The van der Waals surface area contributed by atoms with Gasteiger partial charge in [-0.05, 0) is 60.0 Å². The summed E-state index contributed by atoms with van der Waals surface area (Å²) in [6.45, 7) is 17.7. The molecule has 0 aliphatic carbocycles. The summed E-state index contributed by atoms with van der Waals surface area (Å²) in [6.07, 6.45) is 2.10. The van der Waals surface area contributed by atoms with Crippen LogP contribution < -0.4 is 4.74 Å². The van der Waals surface area contributed by atoms with Gasteiger partial charge in [0.1, 0.15) is 11.5 Å². The number of methoxy groups -OCH3 is 1. The molecule has 2 aromatic rings. The number of aromatic nitrogens is 1. The van der Waals surface area contributed by atoms with Crippen molar-refractivity contribution in [2.45, 2.75) is 90.0 Å². The molecular formula is C30H46N2O3Si. The Morgan fingerprint density at radius 3 is 2.36 bits per heavy atom. The lowest BCUT2D eigenvalue weighted by Crippen LogP contribution is -2.65. The molecule has 3 saturated heterocycles. The molecule has 5 heterocycles. The van der Waals surface area contributed by atoms with Crippen LogP contribution in [0.1, 0.15) is 72.2 Å². The molecule has 6 heteroatoms. The minimum atomic E-state index is -1.97. The Bertz CT molecular complexity index is 1130. The summed E-state index contributed by atoms with van der Waals surface area (Å²) >= 11 is 0. The number of benzene rings is 1. The van der Waals surface area contributed by atoms with Crippen LogP contribution in [-0.2, 0) is 22.7 Å². The number of aryl methyl sites for hydroxylation is 1. The van der Waals surface area contributed by atoms with Crippen molar-refractivity contribution in [1.29, 1.82) is 0 Å². The van der Waals surface area contributed by atoms with Gasteiger partial charge in [0.25, 0.3) is 0 Å². The highest BCUT2D eigenvalue weighted by Gasteiger charge is 2.57. The zero-order valence-electron chi connectivity index (χ0n) is 23.8. The Morgan fingerprint density at radius 1 is 1.11 bits per heavy atom. The van der Waals surface area contributed by atoms with E-state index in [9.17, 15) is 4.79 Å². The second-order valence-electron chi connectivity index (χ2n) is 12.7. The third-order valence-electron chi connectivity index (χ3n) is 10.3. The third kappa shape index (κ3) is 3.65. The molecule has 4 aliphatic heterocycles. The number of rotatable bonds is 8. The maximum absolute atomic E-state index is 12.8. The van der Waals surface area contributed by atoms with Crippen molar-refractivity contribution in [3.8, 4) is 5.75 Å². The second kappa shape index (κ2) is 9.28. The SMILES string of the molecule is COc1ccc2c3c(n(C)c2c1)[C@@H]1C[C@@H]2[C@@H](CO[Si](C(C)C)(C(C)C)C(C)C)[C@H](C3)N1C[C@H]2C(C)=O. The summed E-state index contributed by atoms with van der Waals surface area (Å²) < 4.78 is 15.2. The van der Waals surface area contributed by atoms with E-state index in [4.69, 9.17) is 9.16 Å².